The minimum absolute atomic E-state index is 0.0233. The molecule has 2 amide bonds. The second kappa shape index (κ2) is 7.79. The highest BCUT2D eigenvalue weighted by Crippen LogP contribution is 2.23. The van der Waals surface area contributed by atoms with E-state index in [1.807, 2.05) is 30.1 Å². The standard InChI is InChI=1S/C19H26N2O3/c1-21(16-9-3-2-4-10-16)19(23)14-7-5-8-15(13-14)20-18(22)17-11-6-12-24-17/h5,7-8,13,16-17H,2-4,6,9-12H2,1H3,(H,20,22). The summed E-state index contributed by atoms with van der Waals surface area (Å²) >= 11 is 0. The molecular formula is C19H26N2O3. The first-order valence-corrected chi connectivity index (χ1v) is 8.95. The molecule has 1 atom stereocenters. The van der Waals surface area contributed by atoms with Crippen LogP contribution in [0.15, 0.2) is 24.3 Å². The van der Waals surface area contributed by atoms with Crippen molar-refractivity contribution in [2.24, 2.45) is 0 Å². The van der Waals surface area contributed by atoms with Crippen molar-refractivity contribution >= 4 is 17.5 Å². The molecule has 1 aliphatic carbocycles. The lowest BCUT2D eigenvalue weighted by Gasteiger charge is -2.31. The molecule has 3 rings (SSSR count). The van der Waals surface area contributed by atoms with Gasteiger partial charge in [-0.3, -0.25) is 9.59 Å². The van der Waals surface area contributed by atoms with Crippen LogP contribution in [0.5, 0.6) is 0 Å². The van der Waals surface area contributed by atoms with Gasteiger partial charge in [0.05, 0.1) is 0 Å². The van der Waals surface area contributed by atoms with Gasteiger partial charge < -0.3 is 15.0 Å². The summed E-state index contributed by atoms with van der Waals surface area (Å²) in [5.41, 5.74) is 1.27. The van der Waals surface area contributed by atoms with Crippen molar-refractivity contribution < 1.29 is 14.3 Å². The molecule has 2 aliphatic rings. The molecule has 2 fully saturated rings. The van der Waals surface area contributed by atoms with E-state index in [0.29, 0.717) is 23.9 Å². The Hall–Kier alpha value is -1.88. The Labute approximate surface area is 143 Å². The number of hydrogen-bond donors (Lipinski definition) is 1. The van der Waals surface area contributed by atoms with Gasteiger partial charge in [-0.05, 0) is 43.9 Å². The Kier molecular flexibility index (Phi) is 5.51. The smallest absolute Gasteiger partial charge is 0.253 e. The predicted octanol–water partition coefficient (Wildman–Crippen LogP) is 3.21. The van der Waals surface area contributed by atoms with E-state index in [2.05, 4.69) is 5.32 Å². The van der Waals surface area contributed by atoms with Crippen molar-refractivity contribution in [1.29, 1.82) is 0 Å². The maximum absolute atomic E-state index is 12.7. The summed E-state index contributed by atoms with van der Waals surface area (Å²) in [6.07, 6.45) is 7.13. The minimum Gasteiger partial charge on any atom is -0.368 e. The number of nitrogens with zero attached hydrogens (tertiary/aromatic N) is 1. The number of rotatable bonds is 4. The molecule has 0 spiro atoms. The van der Waals surface area contributed by atoms with Gasteiger partial charge in [0.2, 0.25) is 0 Å². The number of amides is 2. The van der Waals surface area contributed by atoms with Gasteiger partial charge in [0, 0.05) is 30.9 Å². The highest BCUT2D eigenvalue weighted by molar-refractivity contribution is 5.98. The molecule has 1 aromatic rings. The van der Waals surface area contributed by atoms with Gasteiger partial charge in [0.25, 0.3) is 11.8 Å². The fourth-order valence-electron chi connectivity index (χ4n) is 3.57. The first-order valence-electron chi connectivity index (χ1n) is 8.95. The van der Waals surface area contributed by atoms with Crippen LogP contribution in [0.25, 0.3) is 0 Å². The number of ether oxygens (including phenoxy) is 1. The van der Waals surface area contributed by atoms with E-state index in [1.165, 1.54) is 19.3 Å². The Morgan fingerprint density at radius 1 is 1.12 bits per heavy atom. The van der Waals surface area contributed by atoms with Gasteiger partial charge in [-0.1, -0.05) is 25.3 Å². The fraction of sp³-hybridized carbons (Fsp3) is 0.579. The summed E-state index contributed by atoms with van der Waals surface area (Å²) < 4.78 is 5.39. The van der Waals surface area contributed by atoms with E-state index in [-0.39, 0.29) is 17.9 Å². The van der Waals surface area contributed by atoms with Crippen LogP contribution >= 0.6 is 0 Å². The maximum atomic E-state index is 12.7. The Morgan fingerprint density at radius 2 is 1.92 bits per heavy atom. The maximum Gasteiger partial charge on any atom is 0.253 e. The monoisotopic (exact) mass is 330 g/mol. The van der Waals surface area contributed by atoms with Gasteiger partial charge >= 0.3 is 0 Å². The summed E-state index contributed by atoms with van der Waals surface area (Å²) in [5.74, 6) is -0.104. The zero-order chi connectivity index (χ0) is 16.9. The van der Waals surface area contributed by atoms with Crippen LogP contribution in [0.3, 0.4) is 0 Å². The third-order valence-electron chi connectivity index (χ3n) is 5.04. The number of hydrogen-bond acceptors (Lipinski definition) is 3. The van der Waals surface area contributed by atoms with Crippen molar-refractivity contribution in [3.8, 4) is 0 Å². The van der Waals surface area contributed by atoms with Gasteiger partial charge in [0.1, 0.15) is 6.10 Å². The summed E-state index contributed by atoms with van der Waals surface area (Å²) in [4.78, 5) is 26.7. The molecule has 1 aliphatic heterocycles. The molecule has 1 heterocycles. The predicted molar refractivity (Wildman–Crippen MR) is 93.0 cm³/mol. The van der Waals surface area contributed by atoms with Crippen LogP contribution in [0.2, 0.25) is 0 Å². The van der Waals surface area contributed by atoms with Crippen molar-refractivity contribution in [2.75, 3.05) is 19.0 Å². The third-order valence-corrected chi connectivity index (χ3v) is 5.04. The highest BCUT2D eigenvalue weighted by Gasteiger charge is 2.25. The molecule has 130 valence electrons. The van der Waals surface area contributed by atoms with Crippen LogP contribution in [0.4, 0.5) is 5.69 Å². The quantitative estimate of drug-likeness (QED) is 0.922. The average molecular weight is 330 g/mol. The Bertz CT molecular complexity index is 590. The van der Waals surface area contributed by atoms with Crippen molar-refractivity contribution in [3.05, 3.63) is 29.8 Å². The van der Waals surface area contributed by atoms with E-state index in [0.717, 1.165) is 25.7 Å². The number of benzene rings is 1. The Balaban J connectivity index is 1.65. The van der Waals surface area contributed by atoms with Crippen molar-refractivity contribution in [3.63, 3.8) is 0 Å². The molecular weight excluding hydrogens is 304 g/mol. The molecule has 5 heteroatoms. The van der Waals surface area contributed by atoms with Crippen molar-refractivity contribution in [2.45, 2.75) is 57.1 Å². The largest absolute Gasteiger partial charge is 0.368 e. The van der Waals surface area contributed by atoms with Crippen LogP contribution in [-0.2, 0) is 9.53 Å². The van der Waals surface area contributed by atoms with Gasteiger partial charge in [-0.15, -0.1) is 0 Å². The van der Waals surface area contributed by atoms with Gasteiger partial charge in [-0.25, -0.2) is 0 Å². The first-order chi connectivity index (χ1) is 11.6. The molecule has 1 saturated carbocycles. The lowest BCUT2D eigenvalue weighted by Crippen LogP contribution is -2.38. The van der Waals surface area contributed by atoms with E-state index in [9.17, 15) is 9.59 Å². The van der Waals surface area contributed by atoms with E-state index in [4.69, 9.17) is 4.74 Å². The fourth-order valence-corrected chi connectivity index (χ4v) is 3.57. The molecule has 1 saturated heterocycles. The SMILES string of the molecule is CN(C(=O)c1cccc(NC(=O)C2CCCO2)c1)C1CCCCC1. The van der Waals surface area contributed by atoms with E-state index in [1.54, 1.807) is 6.07 Å². The summed E-state index contributed by atoms with van der Waals surface area (Å²) in [5, 5.41) is 2.86. The molecule has 1 unspecified atom stereocenters. The van der Waals surface area contributed by atoms with Crippen LogP contribution in [-0.4, -0.2) is 42.5 Å². The van der Waals surface area contributed by atoms with E-state index < -0.39 is 0 Å². The topological polar surface area (TPSA) is 58.6 Å². The normalized spacial score (nSPS) is 21.5. The second-order valence-corrected chi connectivity index (χ2v) is 6.78. The van der Waals surface area contributed by atoms with Crippen LogP contribution in [0, 0.1) is 0 Å². The molecule has 1 aromatic carbocycles. The molecule has 24 heavy (non-hydrogen) atoms. The van der Waals surface area contributed by atoms with Crippen LogP contribution < -0.4 is 5.32 Å². The minimum atomic E-state index is -0.366. The number of nitrogens with one attached hydrogen (secondary N) is 1. The van der Waals surface area contributed by atoms with E-state index >= 15 is 0 Å². The van der Waals surface area contributed by atoms with Gasteiger partial charge in [0.15, 0.2) is 0 Å². The average Bonchev–Trinajstić information content (AvgIpc) is 3.16. The summed E-state index contributed by atoms with van der Waals surface area (Å²) in [7, 11) is 1.88. The lowest BCUT2D eigenvalue weighted by molar-refractivity contribution is -0.124. The summed E-state index contributed by atoms with van der Waals surface area (Å²) in [6.45, 7) is 0.642. The van der Waals surface area contributed by atoms with Crippen LogP contribution in [0.1, 0.15) is 55.3 Å². The second-order valence-electron chi connectivity index (χ2n) is 6.78. The number of carbonyl (C=O) groups excluding carboxylic acids is 2. The first kappa shape index (κ1) is 17.0. The summed E-state index contributed by atoms with van der Waals surface area (Å²) in [6, 6.07) is 7.52. The van der Waals surface area contributed by atoms with Gasteiger partial charge in [-0.2, -0.15) is 0 Å². The van der Waals surface area contributed by atoms with Crippen molar-refractivity contribution in [1.82, 2.24) is 4.90 Å². The molecule has 0 radical (unpaired) electrons. The zero-order valence-corrected chi connectivity index (χ0v) is 14.3. The number of anilines is 1. The molecule has 0 bridgehead atoms. The molecule has 0 aromatic heterocycles. The highest BCUT2D eigenvalue weighted by atomic mass is 16.5. The molecule has 1 N–H and O–H groups in total. The third kappa shape index (κ3) is 3.96. The molecule has 5 nitrogen and oxygen atoms in total. The number of carbonyl (C=O) groups is 2. The Morgan fingerprint density at radius 3 is 2.62 bits per heavy atom. The zero-order valence-electron chi connectivity index (χ0n) is 14.3. The lowest BCUT2D eigenvalue weighted by atomic mass is 9.94.